The van der Waals surface area contributed by atoms with Gasteiger partial charge in [-0.05, 0) is 18.8 Å². The Hall–Kier alpha value is -1.95. The molecule has 0 saturated heterocycles. The van der Waals surface area contributed by atoms with E-state index in [-0.39, 0.29) is 18.1 Å². The minimum absolute atomic E-state index is 0.0545. The summed E-state index contributed by atoms with van der Waals surface area (Å²) >= 11 is 1.38. The summed E-state index contributed by atoms with van der Waals surface area (Å²) < 4.78 is 6.66. The van der Waals surface area contributed by atoms with Crippen LogP contribution in [0.25, 0.3) is 4.96 Å². The molecule has 0 aromatic carbocycles. The normalized spacial score (nSPS) is 17.7. The molecule has 104 valence electrons. The van der Waals surface area contributed by atoms with E-state index < -0.39 is 0 Å². The molecule has 2 aromatic rings. The van der Waals surface area contributed by atoms with Gasteiger partial charge >= 0.3 is 5.97 Å². The number of ether oxygens (including phenoxy) is 1. The predicted molar refractivity (Wildman–Crippen MR) is 75.6 cm³/mol. The molecule has 0 amide bonds. The van der Waals surface area contributed by atoms with Gasteiger partial charge in [0.15, 0.2) is 4.96 Å². The van der Waals surface area contributed by atoms with Gasteiger partial charge < -0.3 is 4.74 Å². The van der Waals surface area contributed by atoms with Gasteiger partial charge in [-0.1, -0.05) is 12.2 Å². The molecule has 1 atom stereocenters. The Morgan fingerprint density at radius 3 is 3.25 bits per heavy atom. The van der Waals surface area contributed by atoms with Gasteiger partial charge in [-0.15, -0.1) is 11.3 Å². The highest BCUT2D eigenvalue weighted by atomic mass is 32.1. The number of esters is 1. The summed E-state index contributed by atoms with van der Waals surface area (Å²) in [5.74, 6) is 0.0515. The standard InChI is InChI=1S/C14H14N2O3S/c17-12-8-11(15-14-16(12)5-6-20-14)9-19-13(18)7-10-3-1-2-4-10/h1,3,5-6,8,10H,2,4,7,9H2/t10-/m0/s1. The Bertz CT molecular complexity index is 717. The smallest absolute Gasteiger partial charge is 0.306 e. The average molecular weight is 290 g/mol. The highest BCUT2D eigenvalue weighted by Gasteiger charge is 2.15. The topological polar surface area (TPSA) is 60.7 Å². The number of allylic oxidation sites excluding steroid dienone is 2. The Morgan fingerprint density at radius 1 is 1.55 bits per heavy atom. The van der Waals surface area contributed by atoms with Crippen molar-refractivity contribution in [1.29, 1.82) is 0 Å². The van der Waals surface area contributed by atoms with Gasteiger partial charge in [0.1, 0.15) is 6.61 Å². The van der Waals surface area contributed by atoms with Crippen LogP contribution in [-0.2, 0) is 16.1 Å². The lowest BCUT2D eigenvalue weighted by atomic mass is 10.1. The molecular weight excluding hydrogens is 276 g/mol. The lowest BCUT2D eigenvalue weighted by molar-refractivity contribution is -0.145. The maximum atomic E-state index is 11.8. The van der Waals surface area contributed by atoms with Crippen LogP contribution in [0.4, 0.5) is 0 Å². The van der Waals surface area contributed by atoms with E-state index in [4.69, 9.17) is 4.74 Å². The highest BCUT2D eigenvalue weighted by molar-refractivity contribution is 7.15. The van der Waals surface area contributed by atoms with Crippen molar-refractivity contribution >= 4 is 22.3 Å². The maximum absolute atomic E-state index is 11.8. The Balaban J connectivity index is 1.63. The average Bonchev–Trinajstić information content (AvgIpc) is 3.07. The molecule has 0 unspecified atom stereocenters. The summed E-state index contributed by atoms with van der Waals surface area (Å²) in [6.07, 6.45) is 8.27. The number of nitrogens with zero attached hydrogens (tertiary/aromatic N) is 2. The number of rotatable bonds is 4. The summed E-state index contributed by atoms with van der Waals surface area (Å²) in [7, 11) is 0. The fourth-order valence-electron chi connectivity index (χ4n) is 2.25. The zero-order valence-electron chi connectivity index (χ0n) is 10.8. The molecule has 2 aromatic heterocycles. The molecule has 20 heavy (non-hydrogen) atoms. The quantitative estimate of drug-likeness (QED) is 0.639. The summed E-state index contributed by atoms with van der Waals surface area (Å²) in [5, 5.41) is 1.80. The van der Waals surface area contributed by atoms with Gasteiger partial charge in [0, 0.05) is 17.6 Å². The van der Waals surface area contributed by atoms with Crippen LogP contribution in [0, 0.1) is 5.92 Å². The maximum Gasteiger partial charge on any atom is 0.306 e. The summed E-state index contributed by atoms with van der Waals surface area (Å²) in [5.41, 5.74) is 0.341. The molecule has 2 heterocycles. The molecule has 0 bridgehead atoms. The summed E-state index contributed by atoms with van der Waals surface area (Å²) in [4.78, 5) is 28.4. The Kier molecular flexibility index (Phi) is 3.64. The van der Waals surface area contributed by atoms with Gasteiger partial charge in [-0.2, -0.15) is 0 Å². The van der Waals surface area contributed by atoms with Crippen LogP contribution >= 0.6 is 11.3 Å². The number of aromatic nitrogens is 2. The first-order chi connectivity index (χ1) is 9.72. The first-order valence-electron chi connectivity index (χ1n) is 6.50. The van der Waals surface area contributed by atoms with Crippen LogP contribution < -0.4 is 5.56 Å². The molecule has 0 aliphatic heterocycles. The van der Waals surface area contributed by atoms with Crippen molar-refractivity contribution in [1.82, 2.24) is 9.38 Å². The molecule has 0 spiro atoms. The van der Waals surface area contributed by atoms with Crippen LogP contribution in [0.2, 0.25) is 0 Å². The van der Waals surface area contributed by atoms with Gasteiger partial charge in [0.25, 0.3) is 5.56 Å². The number of hydrogen-bond donors (Lipinski definition) is 0. The fourth-order valence-corrected chi connectivity index (χ4v) is 2.99. The molecule has 6 heteroatoms. The summed E-state index contributed by atoms with van der Waals surface area (Å²) in [6, 6.07) is 1.41. The van der Waals surface area contributed by atoms with Gasteiger partial charge in [0.2, 0.25) is 0 Å². The van der Waals surface area contributed by atoms with Crippen molar-refractivity contribution in [3.05, 3.63) is 45.8 Å². The van der Waals surface area contributed by atoms with Crippen LogP contribution in [0.3, 0.4) is 0 Å². The minimum atomic E-state index is -0.241. The first kappa shape index (κ1) is 13.1. The Morgan fingerprint density at radius 2 is 2.45 bits per heavy atom. The molecule has 0 N–H and O–H groups in total. The van der Waals surface area contributed by atoms with Gasteiger partial charge in [-0.3, -0.25) is 14.0 Å². The lowest BCUT2D eigenvalue weighted by Crippen LogP contribution is -2.15. The number of hydrogen-bond acceptors (Lipinski definition) is 5. The highest BCUT2D eigenvalue weighted by Crippen LogP contribution is 2.20. The SMILES string of the molecule is O=C(C[C@H]1C=CCC1)OCc1cc(=O)n2ccsc2n1. The number of fused-ring (bicyclic) bond motifs is 1. The molecule has 1 aliphatic rings. The molecule has 0 saturated carbocycles. The molecule has 1 aliphatic carbocycles. The van der Waals surface area contributed by atoms with E-state index in [1.807, 2.05) is 0 Å². The zero-order valence-corrected chi connectivity index (χ0v) is 11.6. The molecule has 0 fully saturated rings. The van der Waals surface area contributed by atoms with Crippen molar-refractivity contribution in [2.24, 2.45) is 5.92 Å². The summed E-state index contributed by atoms with van der Waals surface area (Å²) in [6.45, 7) is 0.0545. The molecular formula is C14H14N2O3S. The zero-order chi connectivity index (χ0) is 13.9. The van der Waals surface area contributed by atoms with E-state index in [1.54, 1.807) is 11.6 Å². The van der Waals surface area contributed by atoms with E-state index in [0.29, 0.717) is 23.0 Å². The van der Waals surface area contributed by atoms with E-state index in [2.05, 4.69) is 17.1 Å². The van der Waals surface area contributed by atoms with Gasteiger partial charge in [-0.25, -0.2) is 4.98 Å². The third-order valence-corrected chi connectivity index (χ3v) is 4.04. The van der Waals surface area contributed by atoms with Crippen LogP contribution in [0.1, 0.15) is 25.0 Å². The lowest BCUT2D eigenvalue weighted by Gasteiger charge is -2.07. The molecule has 0 radical (unpaired) electrons. The number of carbonyl (C=O) groups excluding carboxylic acids is 1. The fraction of sp³-hybridized carbons (Fsp3) is 0.357. The van der Waals surface area contributed by atoms with E-state index in [1.165, 1.54) is 21.8 Å². The van der Waals surface area contributed by atoms with Crippen molar-refractivity contribution in [2.75, 3.05) is 0 Å². The van der Waals surface area contributed by atoms with E-state index >= 15 is 0 Å². The second-order valence-corrected chi connectivity index (χ2v) is 5.64. The monoisotopic (exact) mass is 290 g/mol. The van der Waals surface area contributed by atoms with Crippen LogP contribution in [0.15, 0.2) is 34.6 Å². The van der Waals surface area contributed by atoms with Crippen molar-refractivity contribution < 1.29 is 9.53 Å². The van der Waals surface area contributed by atoms with Crippen molar-refractivity contribution in [3.8, 4) is 0 Å². The molecule has 5 nitrogen and oxygen atoms in total. The number of thiazole rings is 1. The Labute approximate surface area is 119 Å². The second-order valence-electron chi connectivity index (χ2n) is 4.77. The second kappa shape index (κ2) is 5.58. The van der Waals surface area contributed by atoms with Crippen molar-refractivity contribution in [3.63, 3.8) is 0 Å². The van der Waals surface area contributed by atoms with Crippen LogP contribution in [0.5, 0.6) is 0 Å². The van der Waals surface area contributed by atoms with Crippen LogP contribution in [-0.4, -0.2) is 15.4 Å². The third-order valence-electron chi connectivity index (χ3n) is 3.28. The van der Waals surface area contributed by atoms with Gasteiger partial charge in [0.05, 0.1) is 12.1 Å². The third kappa shape index (κ3) is 2.80. The van der Waals surface area contributed by atoms with E-state index in [9.17, 15) is 9.59 Å². The number of carbonyl (C=O) groups is 1. The van der Waals surface area contributed by atoms with Crippen molar-refractivity contribution in [2.45, 2.75) is 25.9 Å². The molecule has 3 rings (SSSR count). The van der Waals surface area contributed by atoms with E-state index in [0.717, 1.165) is 12.8 Å². The predicted octanol–water partition coefficient (Wildman–Crippen LogP) is 2.16. The minimum Gasteiger partial charge on any atom is -0.459 e. The largest absolute Gasteiger partial charge is 0.459 e. The first-order valence-corrected chi connectivity index (χ1v) is 7.38.